The van der Waals surface area contributed by atoms with Gasteiger partial charge in [-0.15, -0.1) is 0 Å². The topological polar surface area (TPSA) is 21.8 Å². The van der Waals surface area contributed by atoms with Gasteiger partial charge in [0.15, 0.2) is 5.11 Å². The van der Waals surface area contributed by atoms with Gasteiger partial charge in [0, 0.05) is 38.3 Å². The Hall–Kier alpha value is -0.880. The first-order valence-corrected chi connectivity index (χ1v) is 9.88. The van der Waals surface area contributed by atoms with Crippen LogP contribution in [0.5, 0.6) is 0 Å². The molecule has 25 heavy (non-hydrogen) atoms. The number of hydrogen-bond donors (Lipinski definition) is 1. The number of thiocarbonyl (C=S) groups is 1. The lowest BCUT2D eigenvalue weighted by atomic mass is 10.0. The van der Waals surface area contributed by atoms with Crippen molar-refractivity contribution in [3.63, 3.8) is 0 Å². The van der Waals surface area contributed by atoms with Crippen LogP contribution in [0.25, 0.3) is 0 Å². The number of nitrogens with one attached hydrogen (secondary N) is 1. The van der Waals surface area contributed by atoms with Gasteiger partial charge >= 0.3 is 0 Å². The van der Waals surface area contributed by atoms with Gasteiger partial charge < -0.3 is 20.0 Å². The number of nitrogens with zero attached hydrogens (tertiary/aromatic N) is 3. The molecule has 0 atom stereocenters. The fraction of sp³-hybridized carbons (Fsp3) is 0.632. The highest BCUT2D eigenvalue weighted by Crippen LogP contribution is 2.23. The Labute approximate surface area is 163 Å². The zero-order valence-corrected chi connectivity index (χ0v) is 17.4. The summed E-state index contributed by atoms with van der Waals surface area (Å²) >= 11 is 12.0. The molecule has 1 heterocycles. The Kier molecular flexibility index (Phi) is 7.94. The van der Waals surface area contributed by atoms with Crippen LogP contribution in [0.4, 0.5) is 5.69 Å². The highest BCUT2D eigenvalue weighted by Gasteiger charge is 2.27. The molecule has 1 aromatic rings. The molecule has 0 unspecified atom stereocenters. The zero-order chi connectivity index (χ0) is 18.4. The van der Waals surface area contributed by atoms with Crippen LogP contribution in [-0.2, 0) is 0 Å². The Balaban J connectivity index is 2.04. The third kappa shape index (κ3) is 6.10. The summed E-state index contributed by atoms with van der Waals surface area (Å²) in [6, 6.07) is 8.86. The third-order valence-corrected chi connectivity index (χ3v) is 5.50. The monoisotopic (exact) mass is 382 g/mol. The predicted molar refractivity (Wildman–Crippen MR) is 113 cm³/mol. The van der Waals surface area contributed by atoms with Gasteiger partial charge in [0.2, 0.25) is 0 Å². The van der Waals surface area contributed by atoms with Gasteiger partial charge in [0.25, 0.3) is 0 Å². The highest BCUT2D eigenvalue weighted by atomic mass is 35.5. The van der Waals surface area contributed by atoms with Crippen LogP contribution in [0.1, 0.15) is 26.7 Å². The van der Waals surface area contributed by atoms with Crippen LogP contribution >= 0.6 is 23.8 Å². The Morgan fingerprint density at radius 1 is 1.24 bits per heavy atom. The van der Waals surface area contributed by atoms with Crippen molar-refractivity contribution in [1.82, 2.24) is 14.7 Å². The Morgan fingerprint density at radius 3 is 2.44 bits per heavy atom. The van der Waals surface area contributed by atoms with Gasteiger partial charge in [0.05, 0.1) is 10.7 Å². The number of benzene rings is 1. The molecule has 0 saturated carbocycles. The average Bonchev–Trinajstić information content (AvgIpc) is 2.57. The van der Waals surface area contributed by atoms with Crippen LogP contribution in [-0.4, -0.2) is 72.2 Å². The van der Waals surface area contributed by atoms with E-state index in [1.54, 1.807) is 0 Å². The largest absolute Gasteiger partial charge is 0.345 e. The van der Waals surface area contributed by atoms with Gasteiger partial charge in [-0.25, -0.2) is 0 Å². The minimum atomic E-state index is 0.484. The first-order valence-electron chi connectivity index (χ1n) is 9.09. The van der Waals surface area contributed by atoms with Crippen LogP contribution in [0.3, 0.4) is 0 Å². The van der Waals surface area contributed by atoms with E-state index in [1.165, 1.54) is 0 Å². The molecule has 6 heteroatoms. The lowest BCUT2D eigenvalue weighted by molar-refractivity contribution is 0.125. The Morgan fingerprint density at radius 2 is 1.88 bits per heavy atom. The number of piperidine rings is 1. The van der Waals surface area contributed by atoms with Crippen molar-refractivity contribution < 1.29 is 0 Å². The van der Waals surface area contributed by atoms with Crippen molar-refractivity contribution >= 4 is 34.6 Å². The average molecular weight is 383 g/mol. The van der Waals surface area contributed by atoms with E-state index in [0.717, 1.165) is 49.8 Å². The number of anilines is 1. The second-order valence-electron chi connectivity index (χ2n) is 7.27. The Bertz CT molecular complexity index is 556. The number of likely N-dealkylation sites (tertiary alicyclic amines) is 1. The van der Waals surface area contributed by atoms with Crippen molar-refractivity contribution in [2.24, 2.45) is 0 Å². The molecule has 1 aromatic carbocycles. The molecule has 0 radical (unpaired) electrons. The van der Waals surface area contributed by atoms with Crippen molar-refractivity contribution in [2.45, 2.75) is 38.8 Å². The molecule has 2 rings (SSSR count). The van der Waals surface area contributed by atoms with Gasteiger partial charge in [-0.05, 0) is 65.1 Å². The smallest absolute Gasteiger partial charge is 0.173 e. The van der Waals surface area contributed by atoms with Crippen molar-refractivity contribution in [3.05, 3.63) is 29.3 Å². The SMILES string of the molecule is CC(C)N1CCC(N(CCN(C)C)C(=S)Nc2ccccc2Cl)CC1. The minimum absolute atomic E-state index is 0.484. The molecule has 1 N–H and O–H groups in total. The summed E-state index contributed by atoms with van der Waals surface area (Å²) in [4.78, 5) is 7.11. The predicted octanol–water partition coefficient (Wildman–Crippen LogP) is 3.77. The van der Waals surface area contributed by atoms with E-state index in [0.29, 0.717) is 17.1 Å². The first kappa shape index (κ1) is 20.4. The van der Waals surface area contributed by atoms with E-state index in [4.69, 9.17) is 23.8 Å². The number of halogens is 1. The van der Waals surface area contributed by atoms with Crippen molar-refractivity contribution in [1.29, 1.82) is 0 Å². The summed E-state index contributed by atoms with van der Waals surface area (Å²) < 4.78 is 0. The second-order valence-corrected chi connectivity index (χ2v) is 8.06. The quantitative estimate of drug-likeness (QED) is 0.754. The molecule has 1 fully saturated rings. The van der Waals surface area contributed by atoms with Gasteiger partial charge in [-0.3, -0.25) is 0 Å². The summed E-state index contributed by atoms with van der Waals surface area (Å²) in [6.45, 7) is 8.72. The van der Waals surface area contributed by atoms with Gasteiger partial charge in [-0.2, -0.15) is 0 Å². The molecule has 1 aliphatic rings. The van der Waals surface area contributed by atoms with Crippen LogP contribution in [0.2, 0.25) is 5.02 Å². The fourth-order valence-electron chi connectivity index (χ4n) is 3.22. The molecule has 1 saturated heterocycles. The molecular formula is C19H31ClN4S. The lowest BCUT2D eigenvalue weighted by Gasteiger charge is -2.41. The molecule has 0 amide bonds. The maximum atomic E-state index is 6.28. The van der Waals surface area contributed by atoms with Crippen molar-refractivity contribution in [3.8, 4) is 0 Å². The standard InChI is InChI=1S/C19H31ClN4S/c1-15(2)23-11-9-16(10-12-23)24(14-13-22(3)4)19(25)21-18-8-6-5-7-17(18)20/h5-8,15-16H,9-14H2,1-4H3,(H,21,25). The number of hydrogen-bond acceptors (Lipinski definition) is 3. The normalized spacial score (nSPS) is 16.4. The van der Waals surface area contributed by atoms with Crippen LogP contribution in [0, 0.1) is 0 Å². The highest BCUT2D eigenvalue weighted by molar-refractivity contribution is 7.80. The molecule has 0 spiro atoms. The zero-order valence-electron chi connectivity index (χ0n) is 15.8. The van der Waals surface area contributed by atoms with E-state index in [1.807, 2.05) is 24.3 Å². The van der Waals surface area contributed by atoms with E-state index in [2.05, 4.69) is 48.0 Å². The van der Waals surface area contributed by atoms with E-state index in [-0.39, 0.29) is 0 Å². The lowest BCUT2D eigenvalue weighted by Crippen LogP contribution is -2.51. The van der Waals surface area contributed by atoms with Crippen LogP contribution in [0.15, 0.2) is 24.3 Å². The minimum Gasteiger partial charge on any atom is -0.345 e. The summed E-state index contributed by atoms with van der Waals surface area (Å²) in [5.74, 6) is 0. The van der Waals surface area contributed by atoms with Gasteiger partial charge in [0.1, 0.15) is 0 Å². The van der Waals surface area contributed by atoms with Crippen LogP contribution < -0.4 is 5.32 Å². The number of para-hydroxylation sites is 1. The van der Waals surface area contributed by atoms with E-state index >= 15 is 0 Å². The second kappa shape index (κ2) is 9.72. The number of likely N-dealkylation sites (N-methyl/N-ethyl adjacent to an activating group) is 1. The molecule has 0 aromatic heterocycles. The summed E-state index contributed by atoms with van der Waals surface area (Å²) in [5.41, 5.74) is 0.878. The maximum Gasteiger partial charge on any atom is 0.173 e. The van der Waals surface area contributed by atoms with E-state index < -0.39 is 0 Å². The third-order valence-electron chi connectivity index (χ3n) is 4.83. The maximum absolute atomic E-state index is 6.28. The summed E-state index contributed by atoms with van der Waals surface area (Å²) in [5, 5.41) is 4.84. The fourth-order valence-corrected chi connectivity index (χ4v) is 3.75. The molecular weight excluding hydrogens is 352 g/mol. The number of rotatable bonds is 6. The molecule has 4 nitrogen and oxygen atoms in total. The molecule has 0 bridgehead atoms. The molecule has 1 aliphatic heterocycles. The summed E-state index contributed by atoms with van der Waals surface area (Å²) in [6.07, 6.45) is 2.30. The van der Waals surface area contributed by atoms with Crippen molar-refractivity contribution in [2.75, 3.05) is 45.6 Å². The summed E-state index contributed by atoms with van der Waals surface area (Å²) in [7, 11) is 4.20. The van der Waals surface area contributed by atoms with E-state index in [9.17, 15) is 0 Å². The van der Waals surface area contributed by atoms with Gasteiger partial charge in [-0.1, -0.05) is 23.7 Å². The first-order chi connectivity index (χ1) is 11.9. The molecule has 140 valence electrons. The molecule has 0 aliphatic carbocycles.